The van der Waals surface area contributed by atoms with Crippen molar-refractivity contribution in [3.05, 3.63) is 126 Å². The molecule has 0 heterocycles. The molecule has 0 unspecified atom stereocenters. The third-order valence-electron chi connectivity index (χ3n) is 5.03. The molecule has 0 bridgehead atoms. The molecule has 4 aromatic rings. The Morgan fingerprint density at radius 2 is 0.829 bits per heavy atom. The maximum atomic E-state index is 4.57. The van der Waals surface area contributed by atoms with Gasteiger partial charge in [0.15, 0.2) is 0 Å². The van der Waals surface area contributed by atoms with E-state index in [0.29, 0.717) is 0 Å². The summed E-state index contributed by atoms with van der Waals surface area (Å²) >= 11 is 1.82. The predicted octanol–water partition coefficient (Wildman–Crippen LogP) is 5.94. The van der Waals surface area contributed by atoms with Gasteiger partial charge in [0.2, 0.25) is 0 Å². The van der Waals surface area contributed by atoms with Crippen LogP contribution >= 0.6 is 17.6 Å². The van der Waals surface area contributed by atoms with Crippen molar-refractivity contribution in [2.75, 3.05) is 28.2 Å². The van der Waals surface area contributed by atoms with Crippen LogP contribution in [0.1, 0.15) is 11.1 Å². The molecule has 0 N–H and O–H groups in total. The first-order valence-electron chi connectivity index (χ1n) is 11.5. The summed E-state index contributed by atoms with van der Waals surface area (Å²) in [7, 11) is 12.5. The molecule has 0 aliphatic rings. The molecule has 0 aliphatic heterocycles. The van der Waals surface area contributed by atoms with E-state index in [1.807, 2.05) is 17.3 Å². The molecule has 0 spiro atoms. The molecular weight excluding hydrogens is 556 g/mol. The van der Waals surface area contributed by atoms with Crippen LogP contribution in [0, 0.1) is 0 Å². The van der Waals surface area contributed by atoms with Crippen molar-refractivity contribution < 1.29 is 17.3 Å². The SMILES string of the molecule is CN(C)Cc1cccc(CN(C)C)c1.[Cl][Ru].c1ccc(P(c2ccccc2)c2ccccc2)cc1. The van der Waals surface area contributed by atoms with Crippen LogP contribution in [0.25, 0.3) is 0 Å². The summed E-state index contributed by atoms with van der Waals surface area (Å²) < 4.78 is 0. The van der Waals surface area contributed by atoms with Crippen molar-refractivity contribution >= 4 is 33.5 Å². The number of hydrogen-bond donors (Lipinski definition) is 0. The fourth-order valence-electron chi connectivity index (χ4n) is 3.74. The normalized spacial score (nSPS) is 10.4. The average Bonchev–Trinajstić information content (AvgIpc) is 2.87. The number of nitrogens with zero attached hydrogens (tertiary/aromatic N) is 2. The summed E-state index contributed by atoms with van der Waals surface area (Å²) in [5.41, 5.74) is 2.77. The van der Waals surface area contributed by atoms with Crippen molar-refractivity contribution in [1.29, 1.82) is 0 Å². The van der Waals surface area contributed by atoms with Crippen LogP contribution in [0.2, 0.25) is 0 Å². The van der Waals surface area contributed by atoms with Crippen LogP contribution in [0.3, 0.4) is 0 Å². The molecule has 0 radical (unpaired) electrons. The first-order chi connectivity index (χ1) is 17.0. The zero-order valence-corrected chi connectivity index (χ0v) is 24.3. The van der Waals surface area contributed by atoms with Gasteiger partial charge in [0.05, 0.1) is 0 Å². The second kappa shape index (κ2) is 16.7. The minimum atomic E-state index is -0.446. The summed E-state index contributed by atoms with van der Waals surface area (Å²) in [6, 6.07) is 41.1. The predicted molar refractivity (Wildman–Crippen MR) is 152 cm³/mol. The summed E-state index contributed by atoms with van der Waals surface area (Å²) in [6.45, 7) is 2.03. The van der Waals surface area contributed by atoms with Gasteiger partial charge in [-0.3, -0.25) is 0 Å². The Kier molecular flexibility index (Phi) is 14.1. The first kappa shape index (κ1) is 29.4. The van der Waals surface area contributed by atoms with Crippen LogP contribution < -0.4 is 15.9 Å². The Balaban J connectivity index is 0.000000241. The summed E-state index contributed by atoms with van der Waals surface area (Å²) in [4.78, 5) is 4.38. The van der Waals surface area contributed by atoms with E-state index in [9.17, 15) is 0 Å². The molecule has 0 aliphatic carbocycles. The van der Waals surface area contributed by atoms with Gasteiger partial charge in [-0.25, -0.2) is 0 Å². The van der Waals surface area contributed by atoms with Crippen molar-refractivity contribution in [3.63, 3.8) is 0 Å². The van der Waals surface area contributed by atoms with E-state index in [0.717, 1.165) is 13.1 Å². The molecule has 4 aromatic carbocycles. The second-order valence-electron chi connectivity index (χ2n) is 8.64. The van der Waals surface area contributed by atoms with E-state index >= 15 is 0 Å². The Labute approximate surface area is 227 Å². The molecule has 35 heavy (non-hydrogen) atoms. The minimum absolute atomic E-state index is 0.446. The number of rotatable bonds is 7. The third kappa shape index (κ3) is 10.7. The van der Waals surface area contributed by atoms with E-state index in [2.05, 4.69) is 163 Å². The number of hydrogen-bond acceptors (Lipinski definition) is 2. The van der Waals surface area contributed by atoms with Gasteiger partial charge >= 0.3 is 27.0 Å². The summed E-state index contributed by atoms with van der Waals surface area (Å²) in [5, 5.41) is 4.19. The van der Waals surface area contributed by atoms with Gasteiger partial charge in [0, 0.05) is 13.1 Å². The Morgan fingerprint density at radius 3 is 1.11 bits per heavy atom. The van der Waals surface area contributed by atoms with Gasteiger partial charge in [0.25, 0.3) is 0 Å². The Hall–Kier alpha value is -1.86. The van der Waals surface area contributed by atoms with Gasteiger partial charge in [0.1, 0.15) is 0 Å². The minimum Gasteiger partial charge on any atom is -0.0622 e. The monoisotopic (exact) mass is 591 g/mol. The molecule has 0 fully saturated rings. The molecule has 0 aromatic heterocycles. The van der Waals surface area contributed by atoms with Gasteiger partial charge < -0.3 is 9.80 Å². The topological polar surface area (TPSA) is 6.48 Å². The molecule has 2 nitrogen and oxygen atoms in total. The Bertz CT molecular complexity index is 958. The van der Waals surface area contributed by atoms with Crippen LogP contribution in [0.5, 0.6) is 0 Å². The smallest absolute Gasteiger partial charge is 0.0134 e. The zero-order chi connectivity index (χ0) is 25.5. The standard InChI is InChI=1S/C18H15P.C12H20N2.ClH.Ru/c1-4-10-16(11-5-1)19(17-12-6-2-7-13-17)18-14-8-3-9-15-18;1-13(2)9-11-6-5-7-12(8-11)10-14(3)4;;/h1-15H;5-8H,9-10H2,1-4H3;1H;/q;;;+1/p-1. The van der Waals surface area contributed by atoms with Gasteiger partial charge in [-0.2, -0.15) is 0 Å². The van der Waals surface area contributed by atoms with Crippen molar-refractivity contribution in [2.45, 2.75) is 13.1 Å². The average molecular weight is 591 g/mol. The quantitative estimate of drug-likeness (QED) is 0.194. The largest absolute Gasteiger partial charge is 0.0622 e. The van der Waals surface area contributed by atoms with Crippen LogP contribution in [-0.4, -0.2) is 38.0 Å². The molecule has 0 saturated heterocycles. The number of halogens is 1. The molecule has 185 valence electrons. The molecule has 0 atom stereocenters. The van der Waals surface area contributed by atoms with Gasteiger partial charge in [-0.05, 0) is 63.2 Å². The Morgan fingerprint density at radius 1 is 0.514 bits per heavy atom. The maximum absolute atomic E-state index is 4.57. The zero-order valence-electron chi connectivity index (χ0n) is 21.0. The van der Waals surface area contributed by atoms with Crippen LogP contribution in [-0.2, 0) is 30.4 Å². The molecule has 5 heteroatoms. The van der Waals surface area contributed by atoms with E-state index in [1.54, 1.807) is 0 Å². The van der Waals surface area contributed by atoms with Crippen LogP contribution in [0.15, 0.2) is 115 Å². The van der Waals surface area contributed by atoms with Crippen LogP contribution in [0.4, 0.5) is 0 Å². The first-order valence-corrected chi connectivity index (χ1v) is 15.1. The fourth-order valence-corrected chi connectivity index (χ4v) is 6.04. The fraction of sp³-hybridized carbons (Fsp3) is 0.200. The summed E-state index contributed by atoms with van der Waals surface area (Å²) in [5.74, 6) is 0. The maximum Gasteiger partial charge on any atom is -0.0134 e. The third-order valence-corrected chi connectivity index (χ3v) is 7.48. The second-order valence-corrected chi connectivity index (χ2v) is 10.9. The molecule has 0 amide bonds. The van der Waals surface area contributed by atoms with Gasteiger partial charge in [-0.15, -0.1) is 0 Å². The van der Waals surface area contributed by atoms with Crippen molar-refractivity contribution in [3.8, 4) is 0 Å². The van der Waals surface area contributed by atoms with E-state index in [1.165, 1.54) is 27.0 Å². The van der Waals surface area contributed by atoms with E-state index < -0.39 is 7.92 Å². The van der Waals surface area contributed by atoms with E-state index in [4.69, 9.17) is 0 Å². The molecule has 0 saturated carbocycles. The van der Waals surface area contributed by atoms with Gasteiger partial charge in [-0.1, -0.05) is 115 Å². The summed E-state index contributed by atoms with van der Waals surface area (Å²) in [6.07, 6.45) is 0. The molecular formula is C30H35ClN2PRu. The van der Waals surface area contributed by atoms with Crippen molar-refractivity contribution in [2.24, 2.45) is 0 Å². The van der Waals surface area contributed by atoms with Crippen molar-refractivity contribution in [1.82, 2.24) is 9.80 Å². The molecule has 4 rings (SSSR count). The van der Waals surface area contributed by atoms with E-state index in [-0.39, 0.29) is 0 Å². The number of benzene rings is 4.